The highest BCUT2D eigenvalue weighted by Gasteiger charge is 2.07. The maximum absolute atomic E-state index is 11.5. The molecule has 3 nitrogen and oxygen atoms in total. The fraction of sp³-hybridized carbons (Fsp3) is 0.300. The molecule has 0 saturated carbocycles. The first kappa shape index (κ1) is 11.5. The van der Waals surface area contributed by atoms with Crippen molar-refractivity contribution in [2.45, 2.75) is 13.0 Å². The van der Waals surface area contributed by atoms with Crippen LogP contribution in [0.1, 0.15) is 17.3 Å². The lowest BCUT2D eigenvalue weighted by molar-refractivity contribution is 0.0922. The average Bonchev–Trinajstić information content (AvgIpc) is 2.18. The van der Waals surface area contributed by atoms with Gasteiger partial charge >= 0.3 is 0 Å². The number of carbonyl (C=O) groups is 1. The quantitative estimate of drug-likeness (QED) is 0.830. The minimum absolute atomic E-state index is 0.0455. The molecule has 0 unspecified atom stereocenters. The summed E-state index contributed by atoms with van der Waals surface area (Å²) in [7, 11) is 0. The molecule has 76 valence electrons. The van der Waals surface area contributed by atoms with E-state index >= 15 is 0 Å². The van der Waals surface area contributed by atoms with E-state index in [0.29, 0.717) is 5.56 Å². The van der Waals surface area contributed by atoms with Crippen molar-refractivity contribution in [3.63, 3.8) is 0 Å². The molecule has 0 aliphatic rings. The zero-order valence-electron chi connectivity index (χ0n) is 7.83. The lowest BCUT2D eigenvalue weighted by atomic mass is 10.2. The van der Waals surface area contributed by atoms with E-state index in [4.69, 9.17) is 5.11 Å². The van der Waals surface area contributed by atoms with E-state index in [1.165, 1.54) is 0 Å². The lowest BCUT2D eigenvalue weighted by Crippen LogP contribution is -2.34. The average molecular weight is 305 g/mol. The summed E-state index contributed by atoms with van der Waals surface area (Å²) in [6.45, 7) is 1.71. The van der Waals surface area contributed by atoms with Gasteiger partial charge in [-0.05, 0) is 53.8 Å². The molecule has 1 amide bonds. The second-order valence-electron chi connectivity index (χ2n) is 3.06. The molecule has 0 saturated heterocycles. The van der Waals surface area contributed by atoms with E-state index in [2.05, 4.69) is 27.9 Å². The molecule has 0 aliphatic carbocycles. The SMILES string of the molecule is C[C@H](CO)NC(=O)c1ccc(I)cc1. The third kappa shape index (κ3) is 3.26. The first-order chi connectivity index (χ1) is 6.63. The van der Waals surface area contributed by atoms with E-state index in [9.17, 15) is 4.79 Å². The van der Waals surface area contributed by atoms with Crippen LogP contribution in [-0.2, 0) is 0 Å². The number of aliphatic hydroxyl groups excluding tert-OH is 1. The number of amides is 1. The fourth-order valence-corrected chi connectivity index (χ4v) is 1.31. The Morgan fingerprint density at radius 3 is 2.57 bits per heavy atom. The van der Waals surface area contributed by atoms with Crippen LogP contribution in [0.2, 0.25) is 0 Å². The number of halogens is 1. The summed E-state index contributed by atoms with van der Waals surface area (Å²) in [5.74, 6) is -0.150. The van der Waals surface area contributed by atoms with Crippen molar-refractivity contribution in [3.8, 4) is 0 Å². The lowest BCUT2D eigenvalue weighted by Gasteiger charge is -2.10. The molecule has 0 bridgehead atoms. The monoisotopic (exact) mass is 305 g/mol. The van der Waals surface area contributed by atoms with Crippen LogP contribution < -0.4 is 5.32 Å². The van der Waals surface area contributed by atoms with Gasteiger partial charge in [0.1, 0.15) is 0 Å². The van der Waals surface area contributed by atoms with Crippen LogP contribution in [0.25, 0.3) is 0 Å². The number of hydrogen-bond acceptors (Lipinski definition) is 2. The molecular formula is C10H12INO2. The Hall–Kier alpha value is -0.620. The van der Waals surface area contributed by atoms with Gasteiger partial charge in [0.25, 0.3) is 5.91 Å². The van der Waals surface area contributed by atoms with Gasteiger partial charge in [-0.2, -0.15) is 0 Å². The van der Waals surface area contributed by atoms with Gasteiger partial charge < -0.3 is 10.4 Å². The molecule has 0 radical (unpaired) electrons. The molecule has 4 heteroatoms. The third-order valence-electron chi connectivity index (χ3n) is 1.76. The molecule has 0 spiro atoms. The van der Waals surface area contributed by atoms with Gasteiger partial charge in [0.2, 0.25) is 0 Å². The van der Waals surface area contributed by atoms with Crippen molar-refractivity contribution in [1.29, 1.82) is 0 Å². The molecule has 1 atom stereocenters. The van der Waals surface area contributed by atoms with Gasteiger partial charge in [-0.25, -0.2) is 0 Å². The van der Waals surface area contributed by atoms with Crippen molar-refractivity contribution in [1.82, 2.24) is 5.32 Å². The number of carbonyl (C=O) groups excluding carboxylic acids is 1. The summed E-state index contributed by atoms with van der Waals surface area (Å²) in [6, 6.07) is 7.07. The Balaban J connectivity index is 2.65. The van der Waals surface area contributed by atoms with Gasteiger partial charge in [0, 0.05) is 15.2 Å². The number of benzene rings is 1. The van der Waals surface area contributed by atoms with Crippen LogP contribution in [0.4, 0.5) is 0 Å². The van der Waals surface area contributed by atoms with Crippen LogP contribution in [0.5, 0.6) is 0 Å². The zero-order chi connectivity index (χ0) is 10.6. The number of hydrogen-bond donors (Lipinski definition) is 2. The van der Waals surface area contributed by atoms with E-state index in [1.807, 2.05) is 12.1 Å². The topological polar surface area (TPSA) is 49.3 Å². The Labute approximate surface area is 96.7 Å². The van der Waals surface area contributed by atoms with E-state index in [-0.39, 0.29) is 18.6 Å². The van der Waals surface area contributed by atoms with Crippen molar-refractivity contribution in [2.24, 2.45) is 0 Å². The summed E-state index contributed by atoms with van der Waals surface area (Å²) >= 11 is 2.18. The van der Waals surface area contributed by atoms with Crippen LogP contribution in [0, 0.1) is 3.57 Å². The van der Waals surface area contributed by atoms with Crippen LogP contribution >= 0.6 is 22.6 Å². The molecule has 14 heavy (non-hydrogen) atoms. The summed E-state index contributed by atoms with van der Waals surface area (Å²) in [6.07, 6.45) is 0. The van der Waals surface area contributed by atoms with E-state index in [1.54, 1.807) is 19.1 Å². The predicted octanol–water partition coefficient (Wildman–Crippen LogP) is 1.40. The standard InChI is InChI=1S/C10H12INO2/c1-7(6-13)12-10(14)8-2-4-9(11)5-3-8/h2-5,7,13H,6H2,1H3,(H,12,14)/t7-/m1/s1. The van der Waals surface area contributed by atoms with Gasteiger partial charge in [-0.15, -0.1) is 0 Å². The summed E-state index contributed by atoms with van der Waals surface area (Å²) < 4.78 is 1.09. The highest BCUT2D eigenvalue weighted by molar-refractivity contribution is 14.1. The minimum atomic E-state index is -0.207. The molecule has 0 aromatic heterocycles. The molecule has 1 aromatic carbocycles. The summed E-state index contributed by atoms with van der Waals surface area (Å²) in [5.41, 5.74) is 0.616. The Bertz CT molecular complexity index is 310. The Morgan fingerprint density at radius 2 is 2.07 bits per heavy atom. The first-order valence-electron chi connectivity index (χ1n) is 4.30. The van der Waals surface area contributed by atoms with E-state index in [0.717, 1.165) is 3.57 Å². The van der Waals surface area contributed by atoms with E-state index < -0.39 is 0 Å². The molecule has 0 fully saturated rings. The Morgan fingerprint density at radius 1 is 1.50 bits per heavy atom. The van der Waals surface area contributed by atoms with Crippen molar-refractivity contribution in [2.75, 3.05) is 6.61 Å². The third-order valence-corrected chi connectivity index (χ3v) is 2.48. The molecule has 1 aromatic rings. The molecular weight excluding hydrogens is 293 g/mol. The zero-order valence-corrected chi connectivity index (χ0v) is 9.98. The minimum Gasteiger partial charge on any atom is -0.394 e. The summed E-state index contributed by atoms with van der Waals surface area (Å²) in [5, 5.41) is 11.4. The molecule has 1 rings (SSSR count). The van der Waals surface area contributed by atoms with Gasteiger partial charge in [0.05, 0.1) is 6.61 Å². The number of aliphatic hydroxyl groups is 1. The normalized spacial score (nSPS) is 12.2. The van der Waals surface area contributed by atoms with Crippen LogP contribution in [-0.4, -0.2) is 23.7 Å². The highest BCUT2D eigenvalue weighted by Crippen LogP contribution is 2.06. The first-order valence-corrected chi connectivity index (χ1v) is 5.38. The highest BCUT2D eigenvalue weighted by atomic mass is 127. The molecule has 2 N–H and O–H groups in total. The van der Waals surface area contributed by atoms with Gasteiger partial charge in [0.15, 0.2) is 0 Å². The van der Waals surface area contributed by atoms with Crippen molar-refractivity contribution < 1.29 is 9.90 Å². The second kappa shape index (κ2) is 5.31. The van der Waals surface area contributed by atoms with Gasteiger partial charge in [-0.3, -0.25) is 4.79 Å². The van der Waals surface area contributed by atoms with Crippen LogP contribution in [0.15, 0.2) is 24.3 Å². The van der Waals surface area contributed by atoms with Crippen LogP contribution in [0.3, 0.4) is 0 Å². The number of nitrogens with one attached hydrogen (secondary N) is 1. The van der Waals surface area contributed by atoms with Crippen molar-refractivity contribution in [3.05, 3.63) is 33.4 Å². The van der Waals surface area contributed by atoms with Crippen molar-refractivity contribution >= 4 is 28.5 Å². The largest absolute Gasteiger partial charge is 0.394 e. The fourth-order valence-electron chi connectivity index (χ4n) is 0.954. The molecule has 0 heterocycles. The maximum atomic E-state index is 11.5. The number of rotatable bonds is 3. The smallest absolute Gasteiger partial charge is 0.251 e. The summed E-state index contributed by atoms with van der Waals surface area (Å²) in [4.78, 5) is 11.5. The predicted molar refractivity (Wildman–Crippen MR) is 63.2 cm³/mol. The second-order valence-corrected chi connectivity index (χ2v) is 4.31. The molecule has 0 aliphatic heterocycles. The van der Waals surface area contributed by atoms with Gasteiger partial charge in [-0.1, -0.05) is 0 Å². The Kier molecular flexibility index (Phi) is 4.34. The maximum Gasteiger partial charge on any atom is 0.251 e.